The highest BCUT2D eigenvalue weighted by Gasteiger charge is 1.65. The van der Waals surface area contributed by atoms with E-state index in [4.69, 9.17) is 2.82 Å². The first-order chi connectivity index (χ1) is 3.29. The van der Waals surface area contributed by atoms with Crippen LogP contribution in [0.25, 0.3) is 0 Å². The lowest BCUT2D eigenvalue weighted by Gasteiger charge is -1.38. The molecule has 0 aromatic carbocycles. The summed E-state index contributed by atoms with van der Waals surface area (Å²) in [4.78, 5) is 2.12. The lowest BCUT2D eigenvalue weighted by atomic mass is 11.0. The molecule has 1 rings (SSSR count). The topological polar surface area (TPSA) is 31.6 Å². The van der Waals surface area contributed by atoms with Crippen molar-refractivity contribution in [3.05, 3.63) is 18.7 Å². The van der Waals surface area contributed by atoms with Crippen molar-refractivity contribution in [1.82, 2.24) is 9.95 Å². The Bertz CT molecular complexity index is 143. The maximum Gasteiger partial charge on any atom is 0.204 e. The number of rotatable bonds is 0. The van der Waals surface area contributed by atoms with Gasteiger partial charge in [0.2, 0.25) is 2.82 Å². The Balaban J connectivity index is 3.04. The van der Waals surface area contributed by atoms with E-state index in [1.54, 1.807) is 0 Å². The molecule has 0 amide bonds. The van der Waals surface area contributed by atoms with Crippen molar-refractivity contribution in [3.8, 4) is 0 Å². The highest BCUT2D eigenvalue weighted by atomic mass is 14.8. The fourth-order valence-corrected chi connectivity index (χ4v) is 0.192. The Morgan fingerprint density at radius 1 is 1.60 bits per heavy atom. The molecule has 2 N–H and O–H groups in total. The van der Waals surface area contributed by atoms with E-state index < -0.39 is 0 Å². The van der Waals surface area contributed by atoms with Crippen LogP contribution in [0.15, 0.2) is 18.7 Å². The van der Waals surface area contributed by atoms with Crippen molar-refractivity contribution in [2.45, 2.75) is 0 Å². The number of H-pyrrole nitrogens is 2. The smallest absolute Gasteiger partial charge is 0.204 e. The molecule has 0 aliphatic carbocycles. The van der Waals surface area contributed by atoms with E-state index in [1.165, 1.54) is 18.7 Å². The molecule has 1 aromatic rings. The quantitative estimate of drug-likeness (QED) is 0.420. The SMILES string of the molecule is [2H]n1ccn([2H])[cH+]1. The van der Waals surface area contributed by atoms with Crippen molar-refractivity contribution in [1.29, 1.82) is 0 Å². The van der Waals surface area contributed by atoms with E-state index in [9.17, 15) is 0 Å². The second kappa shape index (κ2) is 0.885. The molecule has 1 aromatic heterocycles. The van der Waals surface area contributed by atoms with Gasteiger partial charge in [0.05, 0.1) is 0 Å². The van der Waals surface area contributed by atoms with E-state index in [-0.39, 0.29) is 0 Å². The van der Waals surface area contributed by atoms with Crippen LogP contribution < -0.4 is 0 Å². The molecule has 2 nitrogen and oxygen atoms in total. The zero-order chi connectivity index (χ0) is 5.28. The third-order valence-electron chi connectivity index (χ3n) is 0.372. The Kier molecular flexibility index (Phi) is 0.199. The second-order valence-electron chi connectivity index (χ2n) is 0.712. The minimum Gasteiger partial charge on any atom is -0.237 e. The van der Waals surface area contributed by atoms with Crippen LogP contribution in [0.3, 0.4) is 0 Å². The molecular weight excluding hydrogens is 64.0 g/mol. The van der Waals surface area contributed by atoms with Crippen LogP contribution in [0.2, 0.25) is 2.82 Å². The largest absolute Gasteiger partial charge is 0.237 e. The van der Waals surface area contributed by atoms with Gasteiger partial charge in [-0.3, -0.25) is 0 Å². The van der Waals surface area contributed by atoms with Gasteiger partial charge < -0.3 is 0 Å². The van der Waals surface area contributed by atoms with Gasteiger partial charge in [0.15, 0.2) is 18.7 Å². The number of imidazole rings is 1. The van der Waals surface area contributed by atoms with E-state index in [1.807, 2.05) is 0 Å². The summed E-state index contributed by atoms with van der Waals surface area (Å²) in [6.07, 6.45) is 4.29. The van der Waals surface area contributed by atoms with Crippen LogP contribution in [-0.4, -0.2) is 9.95 Å². The Morgan fingerprint density at radius 3 is 2.40 bits per heavy atom. The van der Waals surface area contributed by atoms with Crippen LogP contribution >= 0.6 is 0 Å². The molecule has 0 radical (unpaired) electrons. The first kappa shape index (κ1) is 1.12. The summed E-state index contributed by atoms with van der Waals surface area (Å²) in [7, 11) is 0. The minimum atomic E-state index is 1.06. The van der Waals surface area contributed by atoms with Crippen molar-refractivity contribution in [2.75, 3.05) is 0 Å². The van der Waals surface area contributed by atoms with E-state index in [0.29, 0.717) is 0 Å². The number of nitrogens with one attached hydrogen (secondary N) is 2. The zero-order valence-electron chi connectivity index (χ0n) is 4.63. The predicted molar refractivity (Wildman–Crippen MR) is 19.6 cm³/mol. The molecule has 0 atom stereocenters. The van der Waals surface area contributed by atoms with Gasteiger partial charge in [-0.2, -0.15) is 0 Å². The monoisotopic (exact) mass is 71.1 g/mol. The van der Waals surface area contributed by atoms with Crippen LogP contribution in [0, 0.1) is 0 Å². The summed E-state index contributed by atoms with van der Waals surface area (Å²) in [6.45, 7) is 0. The molecule has 0 spiro atoms. The standard InChI is InChI=1S/C3H5N2/c1-2-5-3-4-1/h1-5H/q+1/i/hD2. The van der Waals surface area contributed by atoms with Gasteiger partial charge in [-0.05, 0) is 0 Å². The molecule has 0 saturated carbocycles. The lowest BCUT2D eigenvalue weighted by Crippen LogP contribution is -1.44. The van der Waals surface area contributed by atoms with Crippen molar-refractivity contribution < 1.29 is 2.82 Å². The van der Waals surface area contributed by atoms with E-state index in [0.717, 1.165) is 9.95 Å². The van der Waals surface area contributed by atoms with Gasteiger partial charge in [-0.1, -0.05) is 0 Å². The molecule has 0 aliphatic rings. The van der Waals surface area contributed by atoms with Crippen LogP contribution in [0.4, 0.5) is 0 Å². The average molecular weight is 71.1 g/mol. The van der Waals surface area contributed by atoms with Gasteiger partial charge >= 0.3 is 0 Å². The number of hydrogen-bond acceptors (Lipinski definition) is 0. The maximum absolute atomic E-state index is 6.79. The number of aromatic amines is 2. The second-order valence-corrected chi connectivity index (χ2v) is 0.712. The molecule has 0 aliphatic heterocycles. The van der Waals surface area contributed by atoms with Gasteiger partial charge in [0.25, 0.3) is 0 Å². The van der Waals surface area contributed by atoms with Crippen molar-refractivity contribution in [3.63, 3.8) is 0 Å². The van der Waals surface area contributed by atoms with E-state index in [2.05, 4.69) is 0 Å². The molecular formula is C3H5N2+. The number of hydrogen-bond donors (Lipinski definition) is 2. The van der Waals surface area contributed by atoms with Crippen LogP contribution in [0.1, 0.15) is 0 Å². The maximum atomic E-state index is 6.79. The van der Waals surface area contributed by atoms with Crippen molar-refractivity contribution >= 4 is 0 Å². The summed E-state index contributed by atoms with van der Waals surface area (Å²) < 4.78 is 13.6. The molecule has 5 heavy (non-hydrogen) atoms. The average Bonchev–Trinajstić information content (AvgIpc) is 1.87. The summed E-state index contributed by atoms with van der Waals surface area (Å²) in [5, 5.41) is 0. The van der Waals surface area contributed by atoms with Gasteiger partial charge in [-0.15, -0.1) is 0 Å². The molecule has 0 bridgehead atoms. The summed E-state index contributed by atoms with van der Waals surface area (Å²) >= 11 is 0. The fourth-order valence-electron chi connectivity index (χ4n) is 0.192. The van der Waals surface area contributed by atoms with Gasteiger partial charge in [0.1, 0.15) is 0 Å². The van der Waals surface area contributed by atoms with Crippen LogP contribution in [0.5, 0.6) is 0 Å². The third kappa shape index (κ3) is 0.265. The summed E-state index contributed by atoms with van der Waals surface area (Å²) in [6, 6.07) is 0. The van der Waals surface area contributed by atoms with Gasteiger partial charge in [-0.25, -0.2) is 9.95 Å². The molecule has 26 valence electrons. The van der Waals surface area contributed by atoms with E-state index >= 15 is 0 Å². The Hall–Kier alpha value is -0.790. The molecule has 1 heterocycles. The minimum absolute atomic E-state index is 1.06. The summed E-state index contributed by atoms with van der Waals surface area (Å²) in [5.74, 6) is 0. The van der Waals surface area contributed by atoms with Crippen LogP contribution in [-0.2, 0) is 0 Å². The molecule has 0 saturated heterocycles. The molecule has 0 fully saturated rings. The highest BCUT2D eigenvalue weighted by Crippen LogP contribution is 1.62. The predicted octanol–water partition coefficient (Wildman–Crippen LogP) is 0.624. The van der Waals surface area contributed by atoms with Crippen molar-refractivity contribution in [2.24, 2.45) is 0 Å². The highest BCUT2D eigenvalue weighted by molar-refractivity contribution is 4.64. The first-order valence-corrected chi connectivity index (χ1v) is 1.37. The Labute approximate surface area is 32.8 Å². The normalized spacial score (nSPS) is 13.6. The fraction of sp³-hybridized carbons (Fsp3) is 0. The van der Waals surface area contributed by atoms with Gasteiger partial charge in [0, 0.05) is 0 Å². The first-order valence-electron chi connectivity index (χ1n) is 2.26. The molecule has 2 heteroatoms. The molecule has 0 unspecified atom stereocenters. The Morgan fingerprint density at radius 2 is 2.20 bits per heavy atom. The third-order valence-corrected chi connectivity index (χ3v) is 0.372. The zero-order valence-corrected chi connectivity index (χ0v) is 2.63. The lowest BCUT2D eigenvalue weighted by molar-refractivity contribution is 1.31. The number of aromatic nitrogens is 2. The summed E-state index contributed by atoms with van der Waals surface area (Å²) in [5.41, 5.74) is 0.